The van der Waals surface area contributed by atoms with E-state index < -0.39 is 25.4 Å². The van der Waals surface area contributed by atoms with Crippen LogP contribution in [-0.2, 0) is 14.6 Å². The minimum Gasteiger partial charge on any atom is -0.443 e. The molecule has 240 valence electrons. The van der Waals surface area contributed by atoms with Crippen molar-refractivity contribution in [2.24, 2.45) is 11.8 Å². The molecule has 44 heavy (non-hydrogen) atoms. The van der Waals surface area contributed by atoms with Crippen molar-refractivity contribution in [3.05, 3.63) is 47.4 Å². The van der Waals surface area contributed by atoms with E-state index in [9.17, 15) is 10.1 Å². The zero-order valence-electron chi connectivity index (χ0n) is 28.6. The zero-order chi connectivity index (χ0) is 33.3. The third-order valence-electron chi connectivity index (χ3n) is 8.52. The second kappa shape index (κ2) is 12.9. The fourth-order valence-corrected chi connectivity index (χ4v) is 5.83. The van der Waals surface area contributed by atoms with E-state index in [4.69, 9.17) is 20.0 Å². The molecule has 3 rings (SSSR count). The molecule has 10 nitrogen and oxygen atoms in total. The van der Waals surface area contributed by atoms with E-state index in [0.29, 0.717) is 36.0 Å². The van der Waals surface area contributed by atoms with Gasteiger partial charge < -0.3 is 19.5 Å². The van der Waals surface area contributed by atoms with Crippen LogP contribution in [0.15, 0.2) is 36.3 Å². The van der Waals surface area contributed by atoms with Gasteiger partial charge in [-0.3, -0.25) is 4.90 Å². The summed E-state index contributed by atoms with van der Waals surface area (Å²) in [6.07, 6.45) is 3.94. The summed E-state index contributed by atoms with van der Waals surface area (Å²) in [7, 11) is -0.356. The van der Waals surface area contributed by atoms with Crippen molar-refractivity contribution in [2.45, 2.75) is 97.9 Å². The second-order valence-electron chi connectivity index (χ2n) is 14.7. The van der Waals surface area contributed by atoms with Crippen molar-refractivity contribution < 1.29 is 14.0 Å². The Labute approximate surface area is 264 Å². The number of aromatic nitrogens is 2. The van der Waals surface area contributed by atoms with Gasteiger partial charge in [0.2, 0.25) is 5.95 Å². The number of rotatable bonds is 9. The average molecular weight is 622 g/mol. The third-order valence-corrected chi connectivity index (χ3v) is 13.0. The number of hydrogen-bond acceptors (Lipinski definition) is 9. The monoisotopic (exact) mass is 621 g/mol. The molecule has 0 fully saturated rings. The molecule has 0 saturated carbocycles. The first-order valence-corrected chi connectivity index (χ1v) is 18.1. The normalized spacial score (nSPS) is 18.0. The lowest BCUT2D eigenvalue weighted by atomic mass is 9.83. The van der Waals surface area contributed by atoms with Gasteiger partial charge in [0.15, 0.2) is 8.32 Å². The average Bonchev–Trinajstić information content (AvgIpc) is 3.22. The van der Waals surface area contributed by atoms with Gasteiger partial charge in [-0.25, -0.2) is 20.6 Å². The van der Waals surface area contributed by atoms with Crippen LogP contribution < -0.4 is 16.1 Å². The number of allylic oxidation sites excluding steroid dienone is 1. The fourth-order valence-electron chi connectivity index (χ4n) is 4.71. The Balaban J connectivity index is 2.14. The van der Waals surface area contributed by atoms with E-state index in [1.165, 1.54) is 5.01 Å². The van der Waals surface area contributed by atoms with Crippen LogP contribution in [0.2, 0.25) is 18.1 Å². The van der Waals surface area contributed by atoms with Crippen LogP contribution >= 0.6 is 0 Å². The maximum atomic E-state index is 13.5. The van der Waals surface area contributed by atoms with E-state index in [1.807, 2.05) is 39.1 Å². The summed E-state index contributed by atoms with van der Waals surface area (Å²) < 4.78 is 12.5. The summed E-state index contributed by atoms with van der Waals surface area (Å²) in [5.74, 6) is 6.54. The molecule has 1 amide bonds. The Morgan fingerprint density at radius 2 is 1.95 bits per heavy atom. The van der Waals surface area contributed by atoms with Gasteiger partial charge in [-0.1, -0.05) is 41.5 Å². The van der Waals surface area contributed by atoms with Crippen molar-refractivity contribution in [2.75, 3.05) is 30.4 Å². The van der Waals surface area contributed by atoms with E-state index in [0.717, 1.165) is 23.2 Å². The summed E-state index contributed by atoms with van der Waals surface area (Å²) in [5.41, 5.74) is 2.81. The first-order chi connectivity index (χ1) is 20.2. The van der Waals surface area contributed by atoms with Gasteiger partial charge in [0.05, 0.1) is 16.9 Å². The highest BCUT2D eigenvalue weighted by atomic mass is 28.4. The summed E-state index contributed by atoms with van der Waals surface area (Å²) in [5, 5.41) is 15.2. The van der Waals surface area contributed by atoms with Gasteiger partial charge in [0.1, 0.15) is 11.7 Å². The minimum atomic E-state index is -2.12. The van der Waals surface area contributed by atoms with Gasteiger partial charge in [-0.15, -0.1) is 0 Å². The van der Waals surface area contributed by atoms with Crippen LogP contribution in [0.3, 0.4) is 0 Å². The Morgan fingerprint density at radius 1 is 1.30 bits per heavy atom. The van der Waals surface area contributed by atoms with Crippen molar-refractivity contribution in [3.63, 3.8) is 0 Å². The number of amides is 1. The van der Waals surface area contributed by atoms with Gasteiger partial charge in [-0.2, -0.15) is 5.26 Å². The SMILES string of the molecule is CCC(C)/C(=C\N(C)N)Nc1nccc(-c2cc(C#N)c3c(c2)C(C)(CO[Si](C)(C)C(C)(C)C)CN3C(=O)OC(C)(C)C)n1. The molecule has 1 aliphatic heterocycles. The lowest BCUT2D eigenvalue weighted by molar-refractivity contribution is 0.0575. The molecule has 0 spiro atoms. The molecule has 0 saturated heterocycles. The summed E-state index contributed by atoms with van der Waals surface area (Å²) >= 11 is 0. The van der Waals surface area contributed by atoms with Crippen LogP contribution in [0.5, 0.6) is 0 Å². The number of nitrogens with two attached hydrogens (primary N) is 1. The number of nitrogens with zero attached hydrogens (tertiary/aromatic N) is 5. The molecule has 11 heteroatoms. The smallest absolute Gasteiger partial charge is 0.414 e. The molecule has 2 heterocycles. The summed E-state index contributed by atoms with van der Waals surface area (Å²) in [6, 6.07) is 7.97. The van der Waals surface area contributed by atoms with E-state index in [2.05, 4.69) is 71.0 Å². The molecule has 2 unspecified atom stereocenters. The number of carbonyl (C=O) groups is 1. The number of carbonyl (C=O) groups excluding carboxylic acids is 1. The molecule has 0 aliphatic carbocycles. The van der Waals surface area contributed by atoms with Gasteiger partial charge in [-0.05, 0) is 75.0 Å². The number of benzene rings is 1. The van der Waals surface area contributed by atoms with E-state index in [-0.39, 0.29) is 11.0 Å². The highest BCUT2D eigenvalue weighted by molar-refractivity contribution is 6.74. The van der Waals surface area contributed by atoms with Crippen molar-refractivity contribution >= 4 is 26.0 Å². The third kappa shape index (κ3) is 7.97. The number of nitriles is 1. The van der Waals surface area contributed by atoms with Crippen molar-refractivity contribution in [1.82, 2.24) is 15.0 Å². The van der Waals surface area contributed by atoms with Crippen LogP contribution in [0.4, 0.5) is 16.4 Å². The Bertz CT molecular complexity index is 1440. The predicted octanol–water partition coefficient (Wildman–Crippen LogP) is 7.15. The van der Waals surface area contributed by atoms with Gasteiger partial charge in [0.25, 0.3) is 0 Å². The van der Waals surface area contributed by atoms with Crippen molar-refractivity contribution in [1.29, 1.82) is 5.26 Å². The van der Waals surface area contributed by atoms with Gasteiger partial charge >= 0.3 is 6.09 Å². The van der Waals surface area contributed by atoms with Crippen molar-refractivity contribution in [3.8, 4) is 17.3 Å². The number of ether oxygens (including phenoxy) is 1. The molecule has 1 aromatic heterocycles. The van der Waals surface area contributed by atoms with Crippen LogP contribution in [-0.4, -0.2) is 55.2 Å². The number of hydrogen-bond donors (Lipinski definition) is 2. The topological polar surface area (TPSA) is 130 Å². The van der Waals surface area contributed by atoms with Gasteiger partial charge in [0, 0.05) is 49.3 Å². The number of hydrazine groups is 1. The zero-order valence-corrected chi connectivity index (χ0v) is 29.6. The maximum Gasteiger partial charge on any atom is 0.414 e. The largest absolute Gasteiger partial charge is 0.443 e. The highest BCUT2D eigenvalue weighted by Crippen LogP contribution is 2.47. The Kier molecular flexibility index (Phi) is 10.2. The standard InChI is InChI=1S/C33H51N7O3Si/c1-13-22(2)27(19-39(10)35)38-29-36-15-14-26(37-29)23-16-24(18-34)28-25(17-23)33(9,21-42-44(11,12)32(6,7)8)20-40(28)30(41)43-31(3,4)5/h14-17,19,22H,13,20-21,35H2,1-12H3,(H,36,37,38)/b27-19+. The molecular formula is C33H51N7O3Si. The first kappa shape index (κ1) is 35.0. The lowest BCUT2D eigenvalue weighted by Crippen LogP contribution is -2.46. The van der Waals surface area contributed by atoms with E-state index in [1.54, 1.807) is 24.2 Å². The molecule has 1 aromatic carbocycles. The maximum absolute atomic E-state index is 13.5. The summed E-state index contributed by atoms with van der Waals surface area (Å²) in [6.45, 7) is 23.6. The lowest BCUT2D eigenvalue weighted by Gasteiger charge is -2.39. The molecule has 1 aliphatic rings. The van der Waals surface area contributed by atoms with Crippen LogP contribution in [0.25, 0.3) is 11.3 Å². The minimum absolute atomic E-state index is 0.0148. The first-order valence-electron chi connectivity index (χ1n) is 15.2. The quantitative estimate of drug-likeness (QED) is 0.170. The summed E-state index contributed by atoms with van der Waals surface area (Å²) in [4.78, 5) is 24.4. The number of fused-ring (bicyclic) bond motifs is 1. The Hall–Kier alpha value is -3.46. The highest BCUT2D eigenvalue weighted by Gasteiger charge is 2.47. The molecular weight excluding hydrogens is 570 g/mol. The molecule has 2 atom stereocenters. The van der Waals surface area contributed by atoms with Crippen LogP contribution in [0.1, 0.15) is 79.9 Å². The van der Waals surface area contributed by atoms with Crippen LogP contribution in [0, 0.1) is 17.2 Å². The molecule has 0 radical (unpaired) electrons. The number of nitrogens with one attached hydrogen (secondary N) is 1. The predicted molar refractivity (Wildman–Crippen MR) is 179 cm³/mol. The molecule has 2 aromatic rings. The van der Waals surface area contributed by atoms with E-state index >= 15 is 0 Å². The molecule has 0 bridgehead atoms. The number of anilines is 2. The Morgan fingerprint density at radius 3 is 2.50 bits per heavy atom. The fraction of sp³-hybridized carbons (Fsp3) is 0.576. The molecule has 3 N–H and O–H groups in total. The second-order valence-corrected chi connectivity index (χ2v) is 19.5.